The van der Waals surface area contributed by atoms with Crippen molar-refractivity contribution in [2.45, 2.75) is 26.2 Å². The van der Waals surface area contributed by atoms with Gasteiger partial charge in [0, 0.05) is 23.9 Å². The van der Waals surface area contributed by atoms with E-state index in [1.807, 2.05) is 28.9 Å². The molecule has 0 radical (unpaired) electrons. The number of nitrogens with zero attached hydrogens (tertiary/aromatic N) is 3. The number of aryl methyl sites for hydroxylation is 1. The van der Waals surface area contributed by atoms with Gasteiger partial charge in [-0.1, -0.05) is 29.8 Å². The fourth-order valence-corrected chi connectivity index (χ4v) is 3.63. The van der Waals surface area contributed by atoms with Crippen LogP contribution in [0.25, 0.3) is 16.9 Å². The Morgan fingerprint density at radius 2 is 1.93 bits per heavy atom. The molecule has 5 nitrogen and oxygen atoms in total. The second-order valence-electron chi connectivity index (χ2n) is 7.44. The first-order valence-electron chi connectivity index (χ1n) is 9.60. The molecule has 1 atom stereocenters. The fraction of sp³-hybridized carbons (Fsp3) is 0.261. The number of benzene rings is 2. The normalized spacial score (nSPS) is 16.1. The molecule has 1 aliphatic rings. The molecule has 5 heteroatoms. The van der Waals surface area contributed by atoms with E-state index in [1.165, 1.54) is 5.56 Å². The molecule has 2 aromatic carbocycles. The van der Waals surface area contributed by atoms with Crippen LogP contribution in [0.5, 0.6) is 0 Å². The molecular weight excluding hydrogens is 346 g/mol. The van der Waals surface area contributed by atoms with Crippen LogP contribution in [0.4, 0.5) is 5.82 Å². The van der Waals surface area contributed by atoms with Crippen molar-refractivity contribution < 1.29 is 0 Å². The zero-order valence-electron chi connectivity index (χ0n) is 15.9. The lowest BCUT2D eigenvalue weighted by Crippen LogP contribution is -2.12. The second kappa shape index (κ2) is 7.69. The molecule has 0 saturated heterocycles. The van der Waals surface area contributed by atoms with Gasteiger partial charge in [-0.25, -0.2) is 4.68 Å². The van der Waals surface area contributed by atoms with Crippen LogP contribution in [0.1, 0.15) is 30.4 Å². The summed E-state index contributed by atoms with van der Waals surface area (Å²) >= 11 is 0. The minimum absolute atomic E-state index is 0.510. The van der Waals surface area contributed by atoms with Crippen LogP contribution in [-0.4, -0.2) is 22.0 Å². The molecule has 0 unspecified atom stereocenters. The van der Waals surface area contributed by atoms with E-state index >= 15 is 0 Å². The van der Waals surface area contributed by atoms with Gasteiger partial charge in [0.1, 0.15) is 5.82 Å². The Bertz CT molecular complexity index is 1020. The Morgan fingerprint density at radius 3 is 2.57 bits per heavy atom. The zero-order valence-corrected chi connectivity index (χ0v) is 15.9. The number of hydrogen-bond acceptors (Lipinski definition) is 4. The number of nitrogens with one attached hydrogen (secondary N) is 2. The maximum absolute atomic E-state index is 9.06. The minimum Gasteiger partial charge on any atom is -0.368 e. The van der Waals surface area contributed by atoms with Gasteiger partial charge in [0.15, 0.2) is 0 Å². The maximum atomic E-state index is 9.06. The molecule has 3 aromatic rings. The van der Waals surface area contributed by atoms with Gasteiger partial charge in [-0.2, -0.15) is 5.26 Å². The molecule has 1 saturated carbocycles. The van der Waals surface area contributed by atoms with Crippen molar-refractivity contribution in [3.8, 4) is 23.0 Å². The number of anilines is 1. The third-order valence-corrected chi connectivity index (χ3v) is 5.26. The van der Waals surface area contributed by atoms with Crippen molar-refractivity contribution in [3.63, 3.8) is 0 Å². The standard InChI is InChI=1S/C23H23N5/c1-16-2-7-19(8-3-16)22-13-23(26-15-18-4-9-20(25)12-18)27-28(22)21-10-5-17(14-24)6-11-21/h2-3,5-8,10-11,13,18,25H,4,9,12,15H2,1H3,(H,26,27)/t18-/m0/s1. The summed E-state index contributed by atoms with van der Waals surface area (Å²) in [6.45, 7) is 2.91. The van der Waals surface area contributed by atoms with E-state index in [1.54, 1.807) is 0 Å². The van der Waals surface area contributed by atoms with Crippen LogP contribution in [0, 0.1) is 29.6 Å². The molecule has 2 N–H and O–H groups in total. The first-order chi connectivity index (χ1) is 13.6. The Morgan fingerprint density at radius 1 is 1.18 bits per heavy atom. The highest BCUT2D eigenvalue weighted by Crippen LogP contribution is 2.28. The van der Waals surface area contributed by atoms with E-state index in [0.717, 1.165) is 54.3 Å². The molecule has 4 rings (SSSR count). The minimum atomic E-state index is 0.510. The van der Waals surface area contributed by atoms with Gasteiger partial charge in [0.2, 0.25) is 0 Å². The molecule has 28 heavy (non-hydrogen) atoms. The molecule has 1 heterocycles. The van der Waals surface area contributed by atoms with Crippen molar-refractivity contribution >= 4 is 11.5 Å². The van der Waals surface area contributed by atoms with Crippen molar-refractivity contribution in [3.05, 3.63) is 65.7 Å². The molecule has 0 amide bonds. The van der Waals surface area contributed by atoms with Crippen LogP contribution < -0.4 is 5.32 Å². The highest BCUT2D eigenvalue weighted by atomic mass is 15.3. The summed E-state index contributed by atoms with van der Waals surface area (Å²) in [5.41, 5.74) is 5.73. The number of aromatic nitrogens is 2. The van der Waals surface area contributed by atoms with Crippen LogP contribution in [0.3, 0.4) is 0 Å². The van der Waals surface area contributed by atoms with Gasteiger partial charge in [-0.3, -0.25) is 0 Å². The number of hydrogen-bond donors (Lipinski definition) is 2. The summed E-state index contributed by atoms with van der Waals surface area (Å²) in [6.07, 6.45) is 2.88. The summed E-state index contributed by atoms with van der Waals surface area (Å²) in [5, 5.41) is 25.1. The molecule has 0 bridgehead atoms. The van der Waals surface area contributed by atoms with E-state index < -0.39 is 0 Å². The molecule has 140 valence electrons. The average molecular weight is 369 g/mol. The van der Waals surface area contributed by atoms with Crippen LogP contribution >= 0.6 is 0 Å². The summed E-state index contributed by atoms with van der Waals surface area (Å²) in [6, 6.07) is 20.1. The van der Waals surface area contributed by atoms with Crippen LogP contribution in [0.2, 0.25) is 0 Å². The lowest BCUT2D eigenvalue weighted by molar-refractivity contribution is 0.589. The Hall–Kier alpha value is -3.39. The van der Waals surface area contributed by atoms with Crippen molar-refractivity contribution in [2.75, 3.05) is 11.9 Å². The van der Waals surface area contributed by atoms with Crippen LogP contribution in [0.15, 0.2) is 54.6 Å². The predicted molar refractivity (Wildman–Crippen MR) is 112 cm³/mol. The molecule has 1 aliphatic carbocycles. The van der Waals surface area contributed by atoms with Crippen molar-refractivity contribution in [1.82, 2.24) is 9.78 Å². The highest BCUT2D eigenvalue weighted by Gasteiger charge is 2.20. The molecule has 0 spiro atoms. The Labute approximate surface area is 165 Å². The van der Waals surface area contributed by atoms with E-state index in [0.29, 0.717) is 11.5 Å². The summed E-state index contributed by atoms with van der Waals surface area (Å²) in [4.78, 5) is 0. The average Bonchev–Trinajstić information content (AvgIpc) is 3.33. The monoisotopic (exact) mass is 369 g/mol. The van der Waals surface area contributed by atoms with E-state index in [2.05, 4.69) is 48.6 Å². The summed E-state index contributed by atoms with van der Waals surface area (Å²) in [5.74, 6) is 1.34. The summed E-state index contributed by atoms with van der Waals surface area (Å²) < 4.78 is 1.92. The predicted octanol–water partition coefficient (Wildman–Crippen LogP) is 4.95. The van der Waals surface area contributed by atoms with Gasteiger partial charge in [0.05, 0.1) is 23.0 Å². The van der Waals surface area contributed by atoms with E-state index in [9.17, 15) is 0 Å². The molecule has 0 aliphatic heterocycles. The lowest BCUT2D eigenvalue weighted by Gasteiger charge is -2.09. The lowest BCUT2D eigenvalue weighted by atomic mass is 10.1. The van der Waals surface area contributed by atoms with Gasteiger partial charge >= 0.3 is 0 Å². The van der Waals surface area contributed by atoms with Gasteiger partial charge in [-0.05, 0) is 56.4 Å². The topological polar surface area (TPSA) is 77.5 Å². The molecule has 1 aromatic heterocycles. The summed E-state index contributed by atoms with van der Waals surface area (Å²) in [7, 11) is 0. The highest BCUT2D eigenvalue weighted by molar-refractivity contribution is 5.83. The second-order valence-corrected chi connectivity index (χ2v) is 7.44. The maximum Gasteiger partial charge on any atom is 0.149 e. The first kappa shape index (κ1) is 18.0. The third kappa shape index (κ3) is 3.81. The zero-order chi connectivity index (χ0) is 19.5. The molecular formula is C23H23N5. The number of nitriles is 1. The van der Waals surface area contributed by atoms with Crippen molar-refractivity contribution in [1.29, 1.82) is 10.7 Å². The quantitative estimate of drug-likeness (QED) is 0.668. The Kier molecular flexibility index (Phi) is 4.94. The third-order valence-electron chi connectivity index (χ3n) is 5.26. The van der Waals surface area contributed by atoms with Crippen molar-refractivity contribution in [2.24, 2.45) is 5.92 Å². The van der Waals surface area contributed by atoms with Gasteiger partial charge < -0.3 is 10.7 Å². The fourth-order valence-electron chi connectivity index (χ4n) is 3.63. The molecule has 1 fully saturated rings. The van der Waals surface area contributed by atoms with Crippen LogP contribution in [-0.2, 0) is 0 Å². The number of rotatable bonds is 5. The van der Waals surface area contributed by atoms with E-state index in [4.69, 9.17) is 15.8 Å². The Balaban J connectivity index is 1.65. The van der Waals surface area contributed by atoms with Gasteiger partial charge in [0.25, 0.3) is 0 Å². The smallest absolute Gasteiger partial charge is 0.149 e. The largest absolute Gasteiger partial charge is 0.368 e. The first-order valence-corrected chi connectivity index (χ1v) is 9.60. The van der Waals surface area contributed by atoms with E-state index in [-0.39, 0.29) is 0 Å². The van der Waals surface area contributed by atoms with Gasteiger partial charge in [-0.15, -0.1) is 5.10 Å². The SMILES string of the molecule is Cc1ccc(-c2cc(NC[C@H]3CCC(=N)C3)nn2-c2ccc(C#N)cc2)cc1.